The average molecular weight is 396 g/mol. The number of methoxy groups -OCH3 is 1. The minimum Gasteiger partial charge on any atom is -0.495 e. The van der Waals surface area contributed by atoms with Crippen LogP contribution >= 0.6 is 11.5 Å². The second kappa shape index (κ2) is 7.53. The summed E-state index contributed by atoms with van der Waals surface area (Å²) in [5, 5.41) is 1.28. The van der Waals surface area contributed by atoms with Crippen LogP contribution in [-0.2, 0) is 19.6 Å². The fourth-order valence-corrected chi connectivity index (χ4v) is 5.94. The highest BCUT2D eigenvalue weighted by molar-refractivity contribution is 7.06. The normalized spacial score (nSPS) is 18.1. The fourth-order valence-electron chi connectivity index (χ4n) is 5.02. The molecule has 2 aromatic heterocycles. The highest BCUT2D eigenvalue weighted by Crippen LogP contribution is 2.41. The first-order valence-electron chi connectivity index (χ1n) is 10.6. The van der Waals surface area contributed by atoms with E-state index in [-0.39, 0.29) is 0 Å². The lowest BCUT2D eigenvalue weighted by Crippen LogP contribution is -2.15. The molecule has 2 aliphatic rings. The van der Waals surface area contributed by atoms with Gasteiger partial charge in [-0.05, 0) is 42.9 Å². The van der Waals surface area contributed by atoms with Crippen LogP contribution in [0.4, 0.5) is 0 Å². The first kappa shape index (κ1) is 18.2. The third kappa shape index (κ3) is 3.05. The van der Waals surface area contributed by atoms with Crippen LogP contribution in [0, 0.1) is 5.92 Å². The Morgan fingerprint density at radius 1 is 1.18 bits per heavy atom. The van der Waals surface area contributed by atoms with Crippen LogP contribution in [-0.4, -0.2) is 27.5 Å². The Bertz CT molecular complexity index is 983. The Balaban J connectivity index is 1.61. The van der Waals surface area contributed by atoms with E-state index in [1.54, 1.807) is 18.6 Å². The summed E-state index contributed by atoms with van der Waals surface area (Å²) in [4.78, 5) is 3.93. The zero-order valence-corrected chi connectivity index (χ0v) is 17.7. The molecule has 148 valence electrons. The highest BCUT2D eigenvalue weighted by atomic mass is 32.1. The highest BCUT2D eigenvalue weighted by Gasteiger charge is 2.27. The van der Waals surface area contributed by atoms with Crippen LogP contribution in [0.1, 0.15) is 49.5 Å². The number of rotatable bonds is 5. The van der Waals surface area contributed by atoms with E-state index in [1.807, 2.05) is 0 Å². The summed E-state index contributed by atoms with van der Waals surface area (Å²) in [6.45, 7) is 6.50. The van der Waals surface area contributed by atoms with Crippen molar-refractivity contribution < 1.29 is 4.74 Å². The summed E-state index contributed by atoms with van der Waals surface area (Å²) < 4.78 is 13.1. The molecule has 1 fully saturated rings. The van der Waals surface area contributed by atoms with Crippen LogP contribution in [0.15, 0.2) is 24.4 Å². The summed E-state index contributed by atoms with van der Waals surface area (Å²) >= 11 is 1.68. The lowest BCUT2D eigenvalue weighted by molar-refractivity contribution is 0.302. The van der Waals surface area contributed by atoms with E-state index >= 15 is 0 Å². The molecule has 0 bridgehead atoms. The zero-order valence-electron chi connectivity index (χ0n) is 16.9. The first-order chi connectivity index (χ1) is 13.8. The van der Waals surface area contributed by atoms with Gasteiger partial charge in [0.1, 0.15) is 5.75 Å². The number of para-hydroxylation sites is 1. The molecule has 0 saturated heterocycles. The van der Waals surface area contributed by atoms with Gasteiger partial charge in [0.2, 0.25) is 0 Å². The fraction of sp³-hybridized carbons (Fsp3) is 0.522. The largest absolute Gasteiger partial charge is 0.495 e. The van der Waals surface area contributed by atoms with Crippen molar-refractivity contribution in [2.75, 3.05) is 13.7 Å². The Hall–Kier alpha value is -1.85. The van der Waals surface area contributed by atoms with Crippen molar-refractivity contribution in [1.82, 2.24) is 13.8 Å². The van der Waals surface area contributed by atoms with Gasteiger partial charge in [0.05, 0.1) is 18.3 Å². The molecule has 1 aliphatic carbocycles. The molecule has 0 spiro atoms. The summed E-state index contributed by atoms with van der Waals surface area (Å²) in [6.07, 6.45) is 9.20. The van der Waals surface area contributed by atoms with E-state index in [4.69, 9.17) is 9.11 Å². The maximum Gasteiger partial charge on any atom is 0.143 e. The summed E-state index contributed by atoms with van der Waals surface area (Å²) in [6, 6.07) is 6.44. The molecule has 1 aliphatic heterocycles. The minimum atomic E-state index is 0.777. The number of ether oxygens (including phenoxy) is 1. The smallest absolute Gasteiger partial charge is 0.143 e. The topological polar surface area (TPSA) is 30.3 Å². The van der Waals surface area contributed by atoms with Gasteiger partial charge in [0, 0.05) is 47.2 Å². The second-order valence-electron chi connectivity index (χ2n) is 8.29. The molecule has 0 radical (unpaired) electrons. The van der Waals surface area contributed by atoms with Gasteiger partial charge in [0.15, 0.2) is 0 Å². The molecule has 1 saturated carbocycles. The van der Waals surface area contributed by atoms with Crippen LogP contribution in [0.3, 0.4) is 0 Å². The van der Waals surface area contributed by atoms with Crippen LogP contribution in [0.25, 0.3) is 22.2 Å². The molecular weight excluding hydrogens is 366 g/mol. The van der Waals surface area contributed by atoms with Crippen molar-refractivity contribution in [3.8, 4) is 17.0 Å². The van der Waals surface area contributed by atoms with Crippen molar-refractivity contribution in [2.45, 2.75) is 58.7 Å². The van der Waals surface area contributed by atoms with Crippen LogP contribution in [0.2, 0.25) is 0 Å². The van der Waals surface area contributed by atoms with Gasteiger partial charge >= 0.3 is 0 Å². The van der Waals surface area contributed by atoms with Gasteiger partial charge in [-0.25, -0.2) is 0 Å². The van der Waals surface area contributed by atoms with E-state index in [9.17, 15) is 0 Å². The summed E-state index contributed by atoms with van der Waals surface area (Å²) in [5.74, 6) is 1.75. The standard InChI is InChI=1S/C23H29N3OS/c1-3-25-13-19-21(15-25)28-24-22(19)18-14-26(12-16-8-5-4-6-9-16)23-17(18)10-7-11-20(23)27-2/h7,10-11,14,16H,3-6,8-9,12-13,15H2,1-2H3. The molecule has 5 heteroatoms. The number of benzene rings is 1. The molecule has 0 amide bonds. The Morgan fingerprint density at radius 2 is 2.04 bits per heavy atom. The average Bonchev–Trinajstić information content (AvgIpc) is 3.41. The van der Waals surface area contributed by atoms with Gasteiger partial charge in [-0.1, -0.05) is 38.3 Å². The van der Waals surface area contributed by atoms with E-state index in [0.717, 1.165) is 37.8 Å². The van der Waals surface area contributed by atoms with Crippen molar-refractivity contribution in [3.05, 3.63) is 34.8 Å². The Kier molecular flexibility index (Phi) is 4.89. The van der Waals surface area contributed by atoms with Crippen molar-refractivity contribution in [2.24, 2.45) is 5.92 Å². The Morgan fingerprint density at radius 3 is 2.82 bits per heavy atom. The van der Waals surface area contributed by atoms with E-state index in [1.165, 1.54) is 64.7 Å². The van der Waals surface area contributed by atoms with Crippen molar-refractivity contribution >= 4 is 22.4 Å². The molecule has 28 heavy (non-hydrogen) atoms. The van der Waals surface area contributed by atoms with Gasteiger partial charge in [-0.2, -0.15) is 4.37 Å². The van der Waals surface area contributed by atoms with Crippen molar-refractivity contribution in [3.63, 3.8) is 0 Å². The van der Waals surface area contributed by atoms with Crippen LogP contribution in [0.5, 0.6) is 5.75 Å². The molecule has 5 rings (SSSR count). The number of hydrogen-bond donors (Lipinski definition) is 0. The third-order valence-corrected chi connectivity index (χ3v) is 7.45. The second-order valence-corrected chi connectivity index (χ2v) is 9.15. The molecule has 0 unspecified atom stereocenters. The molecule has 3 heterocycles. The molecule has 0 atom stereocenters. The maximum atomic E-state index is 5.77. The SMILES string of the molecule is CCN1Cc2snc(-c3cn(CC4CCCCC4)c4c(OC)cccc34)c2C1. The monoisotopic (exact) mass is 395 g/mol. The van der Waals surface area contributed by atoms with Gasteiger partial charge in [-0.3, -0.25) is 4.90 Å². The number of fused-ring (bicyclic) bond motifs is 2. The molecule has 0 N–H and O–H groups in total. The van der Waals surface area contributed by atoms with Crippen LogP contribution < -0.4 is 4.74 Å². The number of hydrogen-bond acceptors (Lipinski definition) is 4. The van der Waals surface area contributed by atoms with E-state index < -0.39 is 0 Å². The predicted octanol–water partition coefficient (Wildman–Crippen LogP) is 5.69. The Labute approximate surface area is 171 Å². The van der Waals surface area contributed by atoms with E-state index in [2.05, 4.69) is 40.8 Å². The summed E-state index contributed by atoms with van der Waals surface area (Å²) in [7, 11) is 1.78. The predicted molar refractivity (Wildman–Crippen MR) is 116 cm³/mol. The molecular formula is C23H29N3OS. The van der Waals surface area contributed by atoms with Gasteiger partial charge < -0.3 is 9.30 Å². The number of nitrogens with zero attached hydrogens (tertiary/aromatic N) is 3. The lowest BCUT2D eigenvalue weighted by atomic mass is 9.89. The first-order valence-corrected chi connectivity index (χ1v) is 11.4. The van der Waals surface area contributed by atoms with Gasteiger partial charge in [0.25, 0.3) is 0 Å². The molecule has 4 nitrogen and oxygen atoms in total. The van der Waals surface area contributed by atoms with Crippen molar-refractivity contribution in [1.29, 1.82) is 0 Å². The zero-order chi connectivity index (χ0) is 19.1. The quantitative estimate of drug-likeness (QED) is 0.556. The minimum absolute atomic E-state index is 0.777. The maximum absolute atomic E-state index is 5.77. The summed E-state index contributed by atoms with van der Waals surface area (Å²) in [5.41, 5.74) is 5.14. The van der Waals surface area contributed by atoms with E-state index in [0.29, 0.717) is 0 Å². The molecule has 3 aromatic rings. The third-order valence-electron chi connectivity index (χ3n) is 6.58. The number of aromatic nitrogens is 2. The molecule has 1 aromatic carbocycles. The van der Waals surface area contributed by atoms with Gasteiger partial charge in [-0.15, -0.1) is 0 Å². The lowest BCUT2D eigenvalue weighted by Gasteiger charge is -2.22.